The van der Waals surface area contributed by atoms with Gasteiger partial charge in [0.2, 0.25) is 0 Å². The second kappa shape index (κ2) is 7.90. The maximum Gasteiger partial charge on any atom is 0.269 e. The van der Waals surface area contributed by atoms with Crippen molar-refractivity contribution in [2.45, 2.75) is 19.9 Å². The quantitative estimate of drug-likeness (QED) is 0.477. The number of hydrazine groups is 2. The third-order valence-corrected chi connectivity index (χ3v) is 4.99. The van der Waals surface area contributed by atoms with Gasteiger partial charge in [0.1, 0.15) is 5.15 Å². The lowest BCUT2D eigenvalue weighted by atomic mass is 10.1. The molecule has 2 heterocycles. The van der Waals surface area contributed by atoms with Crippen molar-refractivity contribution in [2.24, 2.45) is 5.10 Å². The van der Waals surface area contributed by atoms with Gasteiger partial charge in [-0.1, -0.05) is 42.8 Å². The highest BCUT2D eigenvalue weighted by molar-refractivity contribution is 6.33. The maximum absolute atomic E-state index is 10.8. The molecule has 0 unspecified atom stereocenters. The van der Waals surface area contributed by atoms with Crippen LogP contribution < -0.4 is 11.1 Å². The number of non-ortho nitro benzene ring substituents is 1. The molecule has 1 aromatic heterocycles. The highest BCUT2D eigenvalue weighted by atomic mass is 35.5. The molecule has 4 rings (SSSR count). The van der Waals surface area contributed by atoms with Crippen molar-refractivity contribution >= 4 is 23.1 Å². The second-order valence-corrected chi connectivity index (χ2v) is 6.81. The Morgan fingerprint density at radius 2 is 1.79 bits per heavy atom. The zero-order valence-electron chi connectivity index (χ0n) is 15.5. The average molecular weight is 412 g/mol. The lowest BCUT2D eigenvalue weighted by Crippen LogP contribution is -2.40. The number of nitrogens with one attached hydrogen (secondary N) is 2. The first-order valence-corrected chi connectivity index (χ1v) is 9.37. The highest BCUT2D eigenvalue weighted by Crippen LogP contribution is 2.24. The van der Waals surface area contributed by atoms with Gasteiger partial charge in [0.25, 0.3) is 5.69 Å². The summed E-state index contributed by atoms with van der Waals surface area (Å²) in [6.45, 7) is 2.53. The van der Waals surface area contributed by atoms with Gasteiger partial charge in [-0.15, -0.1) is 10.6 Å². The molecule has 0 fully saturated rings. The van der Waals surface area contributed by atoms with Gasteiger partial charge in [-0.25, -0.2) is 10.2 Å². The third-order valence-electron chi connectivity index (χ3n) is 4.63. The summed E-state index contributed by atoms with van der Waals surface area (Å²) in [5.41, 5.74) is 9.33. The molecule has 9 nitrogen and oxygen atoms in total. The van der Waals surface area contributed by atoms with E-state index in [1.807, 2.05) is 24.3 Å². The summed E-state index contributed by atoms with van der Waals surface area (Å²) < 4.78 is 1.65. The Bertz CT molecular complexity index is 1060. The van der Waals surface area contributed by atoms with Gasteiger partial charge in [-0.2, -0.15) is 5.10 Å². The summed E-state index contributed by atoms with van der Waals surface area (Å²) in [5.74, 6) is 0.574. The van der Waals surface area contributed by atoms with Crippen LogP contribution in [-0.4, -0.2) is 25.5 Å². The molecule has 3 aromatic rings. The van der Waals surface area contributed by atoms with E-state index >= 15 is 0 Å². The van der Waals surface area contributed by atoms with Crippen molar-refractivity contribution in [3.63, 3.8) is 0 Å². The normalized spacial score (nSPS) is 13.3. The number of nitro benzene ring substituents is 1. The van der Waals surface area contributed by atoms with Crippen LogP contribution >= 0.6 is 11.6 Å². The molecule has 0 bridgehead atoms. The molecule has 2 N–H and O–H groups in total. The van der Waals surface area contributed by atoms with E-state index in [4.69, 9.17) is 11.6 Å². The minimum atomic E-state index is -0.423. The molecule has 0 saturated carbocycles. The fourth-order valence-corrected chi connectivity index (χ4v) is 3.29. The zero-order valence-corrected chi connectivity index (χ0v) is 16.3. The number of hydrogen-bond donors (Lipinski definition) is 2. The molecule has 0 amide bonds. The van der Waals surface area contributed by atoms with Crippen LogP contribution in [0.1, 0.15) is 23.6 Å². The molecule has 1 aliphatic heterocycles. The summed E-state index contributed by atoms with van der Waals surface area (Å²) in [6.07, 6.45) is 2.62. The molecule has 0 spiro atoms. The number of aryl methyl sites for hydroxylation is 1. The largest absolute Gasteiger partial charge is 0.269 e. The first-order chi connectivity index (χ1) is 14.1. The standard InChI is InChI=1S/C19H18ClN7O2/c1-2-13-3-7-15(8-4-13)26-18(20)17(11-21-26)19-22-23-24-25(19)12-14-5-9-16(10-6-14)27(28)29/h3-11,23-24H,2,12H2,1H3. The Morgan fingerprint density at radius 3 is 2.45 bits per heavy atom. The SMILES string of the molecule is CCc1ccc(-n2ncc(C3=NNNN3Cc3ccc([N+](=O)[O-])cc3)c2Cl)cc1. The molecule has 2 aromatic carbocycles. The number of hydrazone groups is 1. The number of nitro groups is 1. The van der Waals surface area contributed by atoms with Crippen molar-refractivity contribution in [3.8, 4) is 5.69 Å². The molecule has 0 saturated heterocycles. The Balaban J connectivity index is 1.56. The predicted molar refractivity (Wildman–Crippen MR) is 109 cm³/mol. The zero-order chi connectivity index (χ0) is 20.4. The number of rotatable bonds is 6. The number of hydrogen-bond acceptors (Lipinski definition) is 7. The van der Waals surface area contributed by atoms with Gasteiger partial charge in [-0.05, 0) is 29.7 Å². The molecule has 29 heavy (non-hydrogen) atoms. The third kappa shape index (κ3) is 3.78. The Hall–Kier alpha value is -3.43. The lowest BCUT2D eigenvalue weighted by Gasteiger charge is -2.18. The maximum atomic E-state index is 10.8. The minimum Gasteiger partial charge on any atom is -0.266 e. The molecule has 10 heteroatoms. The first kappa shape index (κ1) is 18.9. The fraction of sp³-hybridized carbons (Fsp3) is 0.158. The van der Waals surface area contributed by atoms with Crippen LogP contribution in [0.4, 0.5) is 5.69 Å². The monoisotopic (exact) mass is 411 g/mol. The molecular weight excluding hydrogens is 394 g/mol. The van der Waals surface area contributed by atoms with E-state index in [0.29, 0.717) is 23.1 Å². The van der Waals surface area contributed by atoms with Crippen LogP contribution in [0.5, 0.6) is 0 Å². The van der Waals surface area contributed by atoms with E-state index in [-0.39, 0.29) is 5.69 Å². The van der Waals surface area contributed by atoms with Crippen LogP contribution in [-0.2, 0) is 13.0 Å². The Kier molecular flexibility index (Phi) is 5.15. The van der Waals surface area contributed by atoms with Gasteiger partial charge in [-0.3, -0.25) is 15.1 Å². The Morgan fingerprint density at radius 1 is 1.10 bits per heavy atom. The van der Waals surface area contributed by atoms with Gasteiger partial charge in [0, 0.05) is 12.1 Å². The summed E-state index contributed by atoms with van der Waals surface area (Å²) in [7, 11) is 0. The minimum absolute atomic E-state index is 0.0496. The van der Waals surface area contributed by atoms with Crippen LogP contribution in [0.3, 0.4) is 0 Å². The van der Waals surface area contributed by atoms with Gasteiger partial charge in [0.15, 0.2) is 5.84 Å². The fourth-order valence-electron chi connectivity index (χ4n) is 3.01. The van der Waals surface area contributed by atoms with Crippen LogP contribution in [0.2, 0.25) is 5.15 Å². The molecular formula is C19H18ClN7O2. The first-order valence-electron chi connectivity index (χ1n) is 8.99. The molecule has 148 valence electrons. The average Bonchev–Trinajstić information content (AvgIpc) is 3.34. The Labute approximate surface area is 171 Å². The van der Waals surface area contributed by atoms with E-state index in [0.717, 1.165) is 17.7 Å². The number of amidine groups is 1. The lowest BCUT2D eigenvalue weighted by molar-refractivity contribution is -0.384. The second-order valence-electron chi connectivity index (χ2n) is 6.45. The van der Waals surface area contributed by atoms with Crippen LogP contribution in [0.25, 0.3) is 5.69 Å². The number of halogens is 1. The van der Waals surface area contributed by atoms with Crippen molar-refractivity contribution in [2.75, 3.05) is 0 Å². The van der Waals surface area contributed by atoms with Crippen molar-refractivity contribution in [1.82, 2.24) is 25.9 Å². The van der Waals surface area contributed by atoms with E-state index in [9.17, 15) is 10.1 Å². The predicted octanol–water partition coefficient (Wildman–Crippen LogP) is 3.18. The summed E-state index contributed by atoms with van der Waals surface area (Å²) in [4.78, 5) is 10.4. The van der Waals surface area contributed by atoms with Gasteiger partial charge < -0.3 is 0 Å². The summed E-state index contributed by atoms with van der Waals surface area (Å²) in [6, 6.07) is 14.4. The van der Waals surface area contributed by atoms with Gasteiger partial charge in [0.05, 0.1) is 28.9 Å². The van der Waals surface area contributed by atoms with E-state index in [1.165, 1.54) is 17.7 Å². The van der Waals surface area contributed by atoms with Crippen LogP contribution in [0, 0.1) is 10.1 Å². The summed E-state index contributed by atoms with van der Waals surface area (Å²) in [5, 5.41) is 21.7. The van der Waals surface area contributed by atoms with Crippen molar-refractivity contribution < 1.29 is 4.92 Å². The van der Waals surface area contributed by atoms with E-state index < -0.39 is 4.92 Å². The topological polar surface area (TPSA) is 101 Å². The van der Waals surface area contributed by atoms with Gasteiger partial charge >= 0.3 is 0 Å². The molecule has 1 aliphatic rings. The summed E-state index contributed by atoms with van der Waals surface area (Å²) >= 11 is 6.60. The molecule has 0 aliphatic carbocycles. The highest BCUT2D eigenvalue weighted by Gasteiger charge is 2.24. The van der Waals surface area contributed by atoms with Crippen molar-refractivity contribution in [1.29, 1.82) is 0 Å². The number of nitrogens with zero attached hydrogens (tertiary/aromatic N) is 5. The smallest absolute Gasteiger partial charge is 0.266 e. The molecule has 0 atom stereocenters. The van der Waals surface area contributed by atoms with Crippen molar-refractivity contribution in [3.05, 3.63) is 86.7 Å². The number of aromatic nitrogens is 2. The van der Waals surface area contributed by atoms with E-state index in [1.54, 1.807) is 28.0 Å². The van der Waals surface area contributed by atoms with E-state index in [2.05, 4.69) is 28.2 Å². The van der Waals surface area contributed by atoms with Crippen LogP contribution in [0.15, 0.2) is 59.8 Å². The molecule has 0 radical (unpaired) electrons. The number of benzene rings is 2.